The van der Waals surface area contributed by atoms with E-state index in [0.29, 0.717) is 19.5 Å². The van der Waals surface area contributed by atoms with Crippen molar-refractivity contribution in [3.8, 4) is 0 Å². The smallest absolute Gasteiger partial charge is 0.237 e. The molecule has 0 aromatic rings. The van der Waals surface area contributed by atoms with E-state index < -0.39 is 10.0 Å². The molecule has 114 valence electrons. The van der Waals surface area contributed by atoms with Crippen molar-refractivity contribution >= 4 is 15.9 Å². The second-order valence-electron chi connectivity index (χ2n) is 5.42. The van der Waals surface area contributed by atoms with Gasteiger partial charge in [-0.25, -0.2) is 13.1 Å². The maximum absolute atomic E-state index is 11.9. The van der Waals surface area contributed by atoms with Crippen LogP contribution in [0.2, 0.25) is 0 Å². The van der Waals surface area contributed by atoms with Gasteiger partial charge in [0, 0.05) is 12.1 Å². The average Bonchev–Trinajstić information content (AvgIpc) is 2.26. The summed E-state index contributed by atoms with van der Waals surface area (Å²) in [6, 6.07) is -0.288. The summed E-state index contributed by atoms with van der Waals surface area (Å²) < 4.78 is 24.1. The van der Waals surface area contributed by atoms with Crippen LogP contribution in [0.25, 0.3) is 0 Å². The summed E-state index contributed by atoms with van der Waals surface area (Å²) in [4.78, 5) is 11.9. The number of hydrogen-bond acceptors (Lipinski definition) is 4. The summed E-state index contributed by atoms with van der Waals surface area (Å²) in [6.45, 7) is 8.74. The van der Waals surface area contributed by atoms with Crippen LogP contribution in [-0.2, 0) is 14.8 Å². The van der Waals surface area contributed by atoms with E-state index in [-0.39, 0.29) is 17.5 Å². The maximum Gasteiger partial charge on any atom is 0.237 e. The Bertz CT molecular complexity index is 380. The molecule has 1 atom stereocenters. The van der Waals surface area contributed by atoms with Crippen LogP contribution in [0.15, 0.2) is 0 Å². The van der Waals surface area contributed by atoms with Crippen molar-refractivity contribution in [3.05, 3.63) is 0 Å². The predicted octanol–water partition coefficient (Wildman–Crippen LogP) is 0.209. The van der Waals surface area contributed by atoms with E-state index >= 15 is 0 Å². The fourth-order valence-corrected chi connectivity index (χ4v) is 1.80. The third-order valence-electron chi connectivity index (χ3n) is 2.91. The molecule has 0 saturated heterocycles. The lowest BCUT2D eigenvalue weighted by Crippen LogP contribution is -2.50. The van der Waals surface area contributed by atoms with Crippen LogP contribution < -0.4 is 15.4 Å². The molecular weight excluding hydrogens is 266 g/mol. The molecule has 1 amide bonds. The molecule has 0 rings (SSSR count). The first-order chi connectivity index (χ1) is 8.57. The van der Waals surface area contributed by atoms with Crippen molar-refractivity contribution in [1.82, 2.24) is 15.4 Å². The zero-order chi connectivity index (χ0) is 15.1. The molecule has 6 nitrogen and oxygen atoms in total. The van der Waals surface area contributed by atoms with Gasteiger partial charge in [-0.15, -0.1) is 0 Å². The van der Waals surface area contributed by atoms with Gasteiger partial charge in [-0.05, 0) is 40.2 Å². The van der Waals surface area contributed by atoms with Crippen LogP contribution in [-0.4, -0.2) is 45.3 Å². The van der Waals surface area contributed by atoms with Crippen molar-refractivity contribution in [1.29, 1.82) is 0 Å². The van der Waals surface area contributed by atoms with Crippen molar-refractivity contribution in [2.75, 3.05) is 19.3 Å². The first-order valence-electron chi connectivity index (χ1n) is 6.57. The molecule has 0 fully saturated rings. The third kappa shape index (κ3) is 9.86. The summed E-state index contributed by atoms with van der Waals surface area (Å²) in [5.74, 6) is -0.0390. The van der Waals surface area contributed by atoms with Crippen molar-refractivity contribution in [2.45, 2.75) is 52.1 Å². The number of sulfonamides is 1. The summed E-state index contributed by atoms with van der Waals surface area (Å²) >= 11 is 0. The fourth-order valence-electron chi connectivity index (χ4n) is 1.29. The number of hydrogen-bond donors (Lipinski definition) is 3. The summed E-state index contributed by atoms with van der Waals surface area (Å²) in [6.07, 6.45) is 2.63. The van der Waals surface area contributed by atoms with Gasteiger partial charge in [-0.1, -0.05) is 6.92 Å². The average molecular weight is 293 g/mol. The standard InChI is InChI=1S/C12H27N3O3S/c1-6-12(3,4)15-11(16)10(2)13-8-7-9-14-19(5,17)18/h10,13-14H,6-9H2,1-5H3,(H,15,16). The molecule has 7 heteroatoms. The Labute approximate surface area is 116 Å². The molecule has 0 bridgehead atoms. The van der Waals surface area contributed by atoms with Gasteiger partial charge in [0.25, 0.3) is 0 Å². The number of rotatable bonds is 9. The van der Waals surface area contributed by atoms with Gasteiger partial charge in [0.05, 0.1) is 12.3 Å². The minimum absolute atomic E-state index is 0.0390. The number of amides is 1. The van der Waals surface area contributed by atoms with Gasteiger partial charge in [0.2, 0.25) is 15.9 Å². The second-order valence-corrected chi connectivity index (χ2v) is 7.26. The first-order valence-corrected chi connectivity index (χ1v) is 8.46. The van der Waals surface area contributed by atoms with E-state index in [0.717, 1.165) is 12.7 Å². The Kier molecular flexibility index (Phi) is 7.54. The molecule has 0 radical (unpaired) electrons. The zero-order valence-electron chi connectivity index (χ0n) is 12.5. The molecule has 19 heavy (non-hydrogen) atoms. The van der Waals surface area contributed by atoms with Crippen LogP contribution in [0.3, 0.4) is 0 Å². The molecule has 0 saturated carbocycles. The Morgan fingerprint density at radius 1 is 1.26 bits per heavy atom. The first kappa shape index (κ1) is 18.3. The molecule has 0 aliphatic heterocycles. The van der Waals surface area contributed by atoms with Gasteiger partial charge >= 0.3 is 0 Å². The SMILES string of the molecule is CCC(C)(C)NC(=O)C(C)NCCCNS(C)(=O)=O. The summed E-state index contributed by atoms with van der Waals surface area (Å²) in [5, 5.41) is 6.03. The highest BCUT2D eigenvalue weighted by atomic mass is 32.2. The van der Waals surface area contributed by atoms with E-state index in [1.54, 1.807) is 6.92 Å². The van der Waals surface area contributed by atoms with Crippen molar-refractivity contribution in [3.63, 3.8) is 0 Å². The lowest BCUT2D eigenvalue weighted by Gasteiger charge is -2.26. The highest BCUT2D eigenvalue weighted by molar-refractivity contribution is 7.88. The van der Waals surface area contributed by atoms with Gasteiger partial charge < -0.3 is 10.6 Å². The molecule has 0 aliphatic carbocycles. The molecule has 0 heterocycles. The Morgan fingerprint density at radius 2 is 1.84 bits per heavy atom. The van der Waals surface area contributed by atoms with E-state index in [4.69, 9.17) is 0 Å². The molecular formula is C12H27N3O3S. The molecule has 0 aromatic carbocycles. The largest absolute Gasteiger partial charge is 0.350 e. The number of carbonyl (C=O) groups is 1. The van der Waals surface area contributed by atoms with Gasteiger partial charge in [0.1, 0.15) is 0 Å². The molecule has 0 spiro atoms. The van der Waals surface area contributed by atoms with E-state index in [1.807, 2.05) is 20.8 Å². The Hall–Kier alpha value is -0.660. The van der Waals surface area contributed by atoms with Crippen LogP contribution in [0.5, 0.6) is 0 Å². The monoisotopic (exact) mass is 293 g/mol. The Morgan fingerprint density at radius 3 is 2.32 bits per heavy atom. The highest BCUT2D eigenvalue weighted by Gasteiger charge is 2.21. The van der Waals surface area contributed by atoms with Crippen molar-refractivity contribution < 1.29 is 13.2 Å². The lowest BCUT2D eigenvalue weighted by molar-refractivity contribution is -0.124. The zero-order valence-corrected chi connectivity index (χ0v) is 13.4. The fraction of sp³-hybridized carbons (Fsp3) is 0.917. The third-order valence-corrected chi connectivity index (χ3v) is 3.64. The normalized spacial score (nSPS) is 14.2. The van der Waals surface area contributed by atoms with Crippen LogP contribution >= 0.6 is 0 Å². The molecule has 3 N–H and O–H groups in total. The van der Waals surface area contributed by atoms with Crippen LogP contribution in [0.1, 0.15) is 40.5 Å². The summed E-state index contributed by atoms with van der Waals surface area (Å²) in [5.41, 5.74) is -0.204. The van der Waals surface area contributed by atoms with Crippen molar-refractivity contribution in [2.24, 2.45) is 0 Å². The predicted molar refractivity (Wildman–Crippen MR) is 77.4 cm³/mol. The molecule has 0 aliphatic rings. The Balaban J connectivity index is 3.86. The summed E-state index contributed by atoms with van der Waals surface area (Å²) in [7, 11) is -3.13. The van der Waals surface area contributed by atoms with Gasteiger partial charge in [-0.2, -0.15) is 0 Å². The van der Waals surface area contributed by atoms with Crippen LogP contribution in [0.4, 0.5) is 0 Å². The van der Waals surface area contributed by atoms with Crippen LogP contribution in [0, 0.1) is 0 Å². The number of carbonyl (C=O) groups excluding carboxylic acids is 1. The molecule has 1 unspecified atom stereocenters. The topological polar surface area (TPSA) is 87.3 Å². The highest BCUT2D eigenvalue weighted by Crippen LogP contribution is 2.06. The second kappa shape index (κ2) is 7.81. The van der Waals surface area contributed by atoms with E-state index in [1.165, 1.54) is 0 Å². The number of nitrogens with one attached hydrogen (secondary N) is 3. The van der Waals surface area contributed by atoms with Gasteiger partial charge in [0.15, 0.2) is 0 Å². The van der Waals surface area contributed by atoms with E-state index in [2.05, 4.69) is 15.4 Å². The van der Waals surface area contributed by atoms with Gasteiger partial charge in [-0.3, -0.25) is 4.79 Å². The minimum atomic E-state index is -3.13. The quantitative estimate of drug-likeness (QED) is 0.530. The lowest BCUT2D eigenvalue weighted by atomic mass is 10.0. The minimum Gasteiger partial charge on any atom is -0.350 e. The maximum atomic E-state index is 11.9. The van der Waals surface area contributed by atoms with E-state index in [9.17, 15) is 13.2 Å². The molecule has 0 aromatic heterocycles.